The van der Waals surface area contributed by atoms with Crippen molar-refractivity contribution in [1.82, 2.24) is 0 Å². The van der Waals surface area contributed by atoms with Crippen molar-refractivity contribution in [2.75, 3.05) is 0 Å². The van der Waals surface area contributed by atoms with E-state index in [4.69, 9.17) is 0 Å². The van der Waals surface area contributed by atoms with Crippen LogP contribution in [0.4, 0.5) is 0 Å². The maximum Gasteiger partial charge on any atom is 0.181 e. The van der Waals surface area contributed by atoms with E-state index in [9.17, 15) is 13.2 Å². The normalized spacial score (nSPS) is 32.9. The molecule has 2 unspecified atom stereocenters. The highest BCUT2D eigenvalue weighted by molar-refractivity contribution is 7.95. The molecule has 1 saturated carbocycles. The quantitative estimate of drug-likeness (QED) is 0.719. The van der Waals surface area contributed by atoms with Crippen LogP contribution in [0.5, 0.6) is 0 Å². The number of hydrogen-bond donors (Lipinski definition) is 0. The summed E-state index contributed by atoms with van der Waals surface area (Å²) in [7, 11) is -3.40. The Morgan fingerprint density at radius 3 is 2.36 bits per heavy atom. The zero-order chi connectivity index (χ0) is 11.1. The van der Waals surface area contributed by atoms with Crippen molar-refractivity contribution in [2.45, 2.75) is 32.4 Å². The van der Waals surface area contributed by atoms with Gasteiger partial charge in [-0.15, -0.1) is 0 Å². The van der Waals surface area contributed by atoms with Gasteiger partial charge in [0.1, 0.15) is 5.25 Å². The smallest absolute Gasteiger partial charge is 0.181 e. The van der Waals surface area contributed by atoms with Crippen LogP contribution in [0.1, 0.15) is 27.2 Å². The van der Waals surface area contributed by atoms with Crippen molar-refractivity contribution in [3.05, 3.63) is 12.0 Å². The molecular formula is C10H16O3S. The number of rotatable bonds is 3. The van der Waals surface area contributed by atoms with Gasteiger partial charge in [-0.05, 0) is 12.3 Å². The van der Waals surface area contributed by atoms with Crippen LogP contribution in [0.2, 0.25) is 0 Å². The summed E-state index contributed by atoms with van der Waals surface area (Å²) in [5, 5.41) is 0.0440. The lowest BCUT2D eigenvalue weighted by Gasteiger charge is -2.45. The number of hydrogen-bond acceptors (Lipinski definition) is 3. The fourth-order valence-corrected chi connectivity index (χ4v) is 3.10. The molecule has 0 saturated heterocycles. The summed E-state index contributed by atoms with van der Waals surface area (Å²) in [4.78, 5) is 11.7. The summed E-state index contributed by atoms with van der Waals surface area (Å²) in [6, 6.07) is 0. The zero-order valence-electron chi connectivity index (χ0n) is 8.78. The number of sulfone groups is 1. The first-order chi connectivity index (χ1) is 6.25. The Morgan fingerprint density at radius 2 is 2.07 bits per heavy atom. The molecule has 2 atom stereocenters. The van der Waals surface area contributed by atoms with Gasteiger partial charge in [-0.25, -0.2) is 8.42 Å². The Kier molecular flexibility index (Phi) is 2.61. The third kappa shape index (κ3) is 1.41. The molecule has 0 aliphatic heterocycles. The van der Waals surface area contributed by atoms with Gasteiger partial charge in [0.25, 0.3) is 0 Å². The lowest BCUT2D eigenvalue weighted by molar-refractivity contribution is -0.139. The van der Waals surface area contributed by atoms with Crippen LogP contribution in [-0.2, 0) is 14.6 Å². The molecule has 0 aromatic rings. The maximum absolute atomic E-state index is 11.7. The number of carbonyl (C=O) groups is 1. The molecule has 80 valence electrons. The molecule has 1 aliphatic rings. The van der Waals surface area contributed by atoms with E-state index < -0.39 is 20.5 Å². The standard InChI is InChI=1S/C10H16O3S/c1-5-14(12,13)8-6-10(4,7(2)3)9(8)11/h5,7-8H,1,6H2,2-4H3. The van der Waals surface area contributed by atoms with E-state index in [0.717, 1.165) is 5.41 Å². The molecule has 0 aromatic heterocycles. The molecule has 0 bridgehead atoms. The molecule has 3 nitrogen and oxygen atoms in total. The van der Waals surface area contributed by atoms with Crippen LogP contribution >= 0.6 is 0 Å². The van der Waals surface area contributed by atoms with E-state index in [-0.39, 0.29) is 11.7 Å². The van der Waals surface area contributed by atoms with Gasteiger partial charge in [0.2, 0.25) is 0 Å². The predicted octanol–water partition coefficient (Wildman–Crippen LogP) is 1.55. The number of ketones is 1. The summed E-state index contributed by atoms with van der Waals surface area (Å²) in [5.41, 5.74) is -0.458. The lowest BCUT2D eigenvalue weighted by atomic mass is 9.62. The summed E-state index contributed by atoms with van der Waals surface area (Å²) in [6.45, 7) is 8.93. The second kappa shape index (κ2) is 3.19. The Labute approximate surface area is 85.1 Å². The van der Waals surface area contributed by atoms with Gasteiger partial charge in [-0.3, -0.25) is 4.79 Å². The highest BCUT2D eigenvalue weighted by Gasteiger charge is 2.56. The van der Waals surface area contributed by atoms with E-state index >= 15 is 0 Å². The molecule has 14 heavy (non-hydrogen) atoms. The number of Topliss-reactive ketones (excluding diaryl/α,β-unsaturated/α-hetero) is 1. The minimum atomic E-state index is -3.40. The second-order valence-corrected chi connectivity index (χ2v) is 6.47. The third-order valence-electron chi connectivity index (χ3n) is 3.37. The molecule has 4 heteroatoms. The fourth-order valence-electron chi connectivity index (χ4n) is 1.72. The SMILES string of the molecule is C=CS(=O)(=O)C1CC(C)(C(C)C)C1=O. The number of carbonyl (C=O) groups excluding carboxylic acids is 1. The Balaban J connectivity index is 2.90. The van der Waals surface area contributed by atoms with E-state index in [1.165, 1.54) is 0 Å². The molecule has 1 fully saturated rings. The third-order valence-corrected chi connectivity index (χ3v) is 5.01. The van der Waals surface area contributed by atoms with E-state index in [1.807, 2.05) is 20.8 Å². The topological polar surface area (TPSA) is 51.2 Å². The second-order valence-electron chi connectivity index (χ2n) is 4.38. The first kappa shape index (κ1) is 11.4. The van der Waals surface area contributed by atoms with Crippen LogP contribution in [0.25, 0.3) is 0 Å². The lowest BCUT2D eigenvalue weighted by Crippen LogP contribution is -2.56. The first-order valence-electron chi connectivity index (χ1n) is 4.66. The maximum atomic E-state index is 11.7. The van der Waals surface area contributed by atoms with Crippen molar-refractivity contribution in [1.29, 1.82) is 0 Å². The molecular weight excluding hydrogens is 200 g/mol. The summed E-state index contributed by atoms with van der Waals surface area (Å²) in [5.74, 6) is 0.0265. The van der Waals surface area contributed by atoms with Gasteiger partial charge >= 0.3 is 0 Å². The van der Waals surface area contributed by atoms with Crippen LogP contribution in [0.15, 0.2) is 12.0 Å². The Bertz CT molecular complexity index is 367. The summed E-state index contributed by atoms with van der Waals surface area (Å²) in [6.07, 6.45) is 0.428. The monoisotopic (exact) mass is 216 g/mol. The molecule has 0 heterocycles. The van der Waals surface area contributed by atoms with E-state index in [0.29, 0.717) is 6.42 Å². The van der Waals surface area contributed by atoms with Gasteiger partial charge in [0.15, 0.2) is 15.6 Å². The molecule has 0 amide bonds. The van der Waals surface area contributed by atoms with Gasteiger partial charge in [-0.1, -0.05) is 27.4 Å². The Morgan fingerprint density at radius 1 is 1.57 bits per heavy atom. The molecule has 0 radical (unpaired) electrons. The highest BCUT2D eigenvalue weighted by atomic mass is 32.2. The molecule has 0 aromatic carbocycles. The molecule has 1 aliphatic carbocycles. The van der Waals surface area contributed by atoms with Crippen LogP contribution in [0.3, 0.4) is 0 Å². The minimum Gasteiger partial charge on any atom is -0.298 e. The van der Waals surface area contributed by atoms with Crippen LogP contribution in [-0.4, -0.2) is 19.5 Å². The van der Waals surface area contributed by atoms with Crippen molar-refractivity contribution >= 4 is 15.6 Å². The van der Waals surface area contributed by atoms with E-state index in [2.05, 4.69) is 6.58 Å². The van der Waals surface area contributed by atoms with Gasteiger partial charge in [-0.2, -0.15) is 0 Å². The molecule has 0 N–H and O–H groups in total. The summed E-state index contributed by atoms with van der Waals surface area (Å²) < 4.78 is 22.7. The van der Waals surface area contributed by atoms with Crippen molar-refractivity contribution in [3.63, 3.8) is 0 Å². The van der Waals surface area contributed by atoms with Crippen molar-refractivity contribution in [3.8, 4) is 0 Å². The predicted molar refractivity (Wildman–Crippen MR) is 55.5 cm³/mol. The van der Waals surface area contributed by atoms with Crippen molar-refractivity contribution < 1.29 is 13.2 Å². The summed E-state index contributed by atoms with van der Waals surface area (Å²) >= 11 is 0. The average molecular weight is 216 g/mol. The van der Waals surface area contributed by atoms with Gasteiger partial charge < -0.3 is 0 Å². The van der Waals surface area contributed by atoms with E-state index in [1.54, 1.807) is 0 Å². The molecule has 1 rings (SSSR count). The zero-order valence-corrected chi connectivity index (χ0v) is 9.60. The fraction of sp³-hybridized carbons (Fsp3) is 0.700. The largest absolute Gasteiger partial charge is 0.298 e. The Hall–Kier alpha value is -0.640. The minimum absolute atomic E-state index is 0.160. The van der Waals surface area contributed by atoms with Gasteiger partial charge in [0, 0.05) is 10.8 Å². The average Bonchev–Trinajstić information content (AvgIpc) is 2.12. The first-order valence-corrected chi connectivity index (χ1v) is 6.27. The van der Waals surface area contributed by atoms with Crippen molar-refractivity contribution in [2.24, 2.45) is 11.3 Å². The molecule has 0 spiro atoms. The van der Waals surface area contributed by atoms with Gasteiger partial charge in [0.05, 0.1) is 0 Å². The van der Waals surface area contributed by atoms with Crippen LogP contribution in [0, 0.1) is 11.3 Å². The van der Waals surface area contributed by atoms with Crippen LogP contribution < -0.4 is 0 Å². The highest BCUT2D eigenvalue weighted by Crippen LogP contribution is 2.46.